The topological polar surface area (TPSA) is 94.0 Å². The number of nitrogen functional groups attached to an aromatic ring is 1. The van der Waals surface area contributed by atoms with Gasteiger partial charge in [-0.1, -0.05) is 19.8 Å². The van der Waals surface area contributed by atoms with Gasteiger partial charge in [-0.05, 0) is 18.6 Å². The molecule has 0 saturated heterocycles. The van der Waals surface area contributed by atoms with Crippen LogP contribution in [0.15, 0.2) is 29.0 Å². The predicted octanol–water partition coefficient (Wildman–Crippen LogP) is 2.24. The van der Waals surface area contributed by atoms with E-state index >= 15 is 0 Å². The molecule has 3 N–H and O–H groups in total. The highest BCUT2D eigenvalue weighted by Crippen LogP contribution is 2.18. The molecule has 106 valence electrons. The molecule has 6 heteroatoms. The molecule has 0 aromatic carbocycles. The summed E-state index contributed by atoms with van der Waals surface area (Å²) in [5.74, 6) is 0.560. The van der Waals surface area contributed by atoms with Crippen LogP contribution in [-0.4, -0.2) is 22.4 Å². The van der Waals surface area contributed by atoms with E-state index in [1.807, 2.05) is 0 Å². The van der Waals surface area contributed by atoms with E-state index in [9.17, 15) is 4.79 Å². The Kier molecular flexibility index (Phi) is 4.70. The zero-order valence-corrected chi connectivity index (χ0v) is 11.4. The summed E-state index contributed by atoms with van der Waals surface area (Å²) < 4.78 is 5.29. The fraction of sp³-hybridized carbons (Fsp3) is 0.357. The zero-order valence-electron chi connectivity index (χ0n) is 11.4. The normalized spacial score (nSPS) is 10.4. The van der Waals surface area contributed by atoms with Gasteiger partial charge < -0.3 is 15.5 Å². The third-order valence-electron chi connectivity index (χ3n) is 2.84. The van der Waals surface area contributed by atoms with Crippen LogP contribution in [0.1, 0.15) is 36.7 Å². The van der Waals surface area contributed by atoms with Crippen molar-refractivity contribution < 1.29 is 9.21 Å². The van der Waals surface area contributed by atoms with Crippen molar-refractivity contribution in [1.29, 1.82) is 0 Å². The Labute approximate surface area is 117 Å². The lowest BCUT2D eigenvalue weighted by Crippen LogP contribution is -2.24. The highest BCUT2D eigenvalue weighted by atomic mass is 16.3. The van der Waals surface area contributed by atoms with Gasteiger partial charge in [-0.2, -0.15) is 0 Å². The molecule has 20 heavy (non-hydrogen) atoms. The van der Waals surface area contributed by atoms with Crippen molar-refractivity contribution in [2.24, 2.45) is 0 Å². The lowest BCUT2D eigenvalue weighted by atomic mass is 10.2. The standard InChI is InChI=1S/C14H18N4O2/c1-2-3-4-7-16-13(19)11-9-20-14(18-11)10-5-6-12(15)17-8-10/h5-6,8-9H,2-4,7H2,1H3,(H2,15,17)(H,16,19). The number of rotatable bonds is 6. The highest BCUT2D eigenvalue weighted by Gasteiger charge is 2.13. The van der Waals surface area contributed by atoms with Gasteiger partial charge in [-0.3, -0.25) is 4.79 Å². The second-order valence-electron chi connectivity index (χ2n) is 4.47. The molecule has 0 aliphatic heterocycles. The first kappa shape index (κ1) is 14.0. The van der Waals surface area contributed by atoms with Crippen LogP contribution in [0.4, 0.5) is 5.82 Å². The molecule has 0 fully saturated rings. The summed E-state index contributed by atoms with van der Waals surface area (Å²) in [6.07, 6.45) is 6.09. The smallest absolute Gasteiger partial charge is 0.273 e. The minimum Gasteiger partial charge on any atom is -0.444 e. The van der Waals surface area contributed by atoms with Crippen LogP contribution in [0.2, 0.25) is 0 Å². The number of hydrogen-bond donors (Lipinski definition) is 2. The quantitative estimate of drug-likeness (QED) is 0.788. The molecule has 0 spiro atoms. The molecule has 0 aliphatic carbocycles. The van der Waals surface area contributed by atoms with Crippen LogP contribution >= 0.6 is 0 Å². The maximum atomic E-state index is 11.8. The van der Waals surface area contributed by atoms with Crippen molar-refractivity contribution >= 4 is 11.7 Å². The van der Waals surface area contributed by atoms with Crippen molar-refractivity contribution in [1.82, 2.24) is 15.3 Å². The number of nitrogens with zero attached hydrogens (tertiary/aromatic N) is 2. The van der Waals surface area contributed by atoms with Crippen LogP contribution < -0.4 is 11.1 Å². The largest absolute Gasteiger partial charge is 0.444 e. The molecule has 0 bridgehead atoms. The summed E-state index contributed by atoms with van der Waals surface area (Å²) in [6.45, 7) is 2.77. The number of oxazole rings is 1. The fourth-order valence-electron chi connectivity index (χ4n) is 1.71. The molecule has 2 heterocycles. The van der Waals surface area contributed by atoms with Gasteiger partial charge in [0.05, 0.1) is 5.56 Å². The third kappa shape index (κ3) is 3.57. The number of carbonyl (C=O) groups excluding carboxylic acids is 1. The van der Waals surface area contributed by atoms with Crippen molar-refractivity contribution in [2.75, 3.05) is 12.3 Å². The Balaban J connectivity index is 1.98. The number of amides is 1. The van der Waals surface area contributed by atoms with Crippen molar-refractivity contribution in [3.63, 3.8) is 0 Å². The third-order valence-corrected chi connectivity index (χ3v) is 2.84. The molecule has 0 aliphatic rings. The molecule has 0 radical (unpaired) electrons. The lowest BCUT2D eigenvalue weighted by molar-refractivity contribution is 0.0948. The van der Waals surface area contributed by atoms with Gasteiger partial charge in [-0.15, -0.1) is 0 Å². The van der Waals surface area contributed by atoms with Crippen LogP contribution in [0.25, 0.3) is 11.5 Å². The van der Waals surface area contributed by atoms with E-state index in [1.165, 1.54) is 6.26 Å². The number of carbonyl (C=O) groups is 1. The molecule has 6 nitrogen and oxygen atoms in total. The van der Waals surface area contributed by atoms with E-state index in [1.54, 1.807) is 18.3 Å². The lowest BCUT2D eigenvalue weighted by Gasteiger charge is -2.01. The Hall–Kier alpha value is -2.37. The summed E-state index contributed by atoms with van der Waals surface area (Å²) >= 11 is 0. The molecule has 1 amide bonds. The molecule has 0 atom stereocenters. The van der Waals surface area contributed by atoms with Gasteiger partial charge in [0.1, 0.15) is 12.1 Å². The van der Waals surface area contributed by atoms with E-state index in [0.29, 0.717) is 23.8 Å². The van der Waals surface area contributed by atoms with E-state index < -0.39 is 0 Å². The molecule has 2 aromatic heterocycles. The Bertz CT molecular complexity index is 563. The van der Waals surface area contributed by atoms with Gasteiger partial charge in [-0.25, -0.2) is 9.97 Å². The average Bonchev–Trinajstić information content (AvgIpc) is 2.94. The monoisotopic (exact) mass is 274 g/mol. The van der Waals surface area contributed by atoms with Crippen LogP contribution in [0, 0.1) is 0 Å². The second-order valence-corrected chi connectivity index (χ2v) is 4.47. The molecule has 0 saturated carbocycles. The Morgan fingerprint density at radius 1 is 1.40 bits per heavy atom. The first-order chi connectivity index (χ1) is 9.70. The van der Waals surface area contributed by atoms with Crippen molar-refractivity contribution in [2.45, 2.75) is 26.2 Å². The average molecular weight is 274 g/mol. The Morgan fingerprint density at radius 2 is 2.25 bits per heavy atom. The molecular formula is C14H18N4O2. The molecule has 2 aromatic rings. The first-order valence-electron chi connectivity index (χ1n) is 6.66. The van der Waals surface area contributed by atoms with Crippen molar-refractivity contribution in [3.8, 4) is 11.5 Å². The van der Waals surface area contributed by atoms with Gasteiger partial charge in [0, 0.05) is 12.7 Å². The number of hydrogen-bond acceptors (Lipinski definition) is 5. The summed E-state index contributed by atoms with van der Waals surface area (Å²) in [4.78, 5) is 19.9. The summed E-state index contributed by atoms with van der Waals surface area (Å²) in [6, 6.07) is 3.40. The maximum absolute atomic E-state index is 11.8. The maximum Gasteiger partial charge on any atom is 0.273 e. The predicted molar refractivity (Wildman–Crippen MR) is 76.0 cm³/mol. The summed E-state index contributed by atoms with van der Waals surface area (Å²) in [5.41, 5.74) is 6.47. The minimum absolute atomic E-state index is 0.223. The molecular weight excluding hydrogens is 256 g/mol. The van der Waals surface area contributed by atoms with E-state index in [2.05, 4.69) is 22.2 Å². The van der Waals surface area contributed by atoms with Crippen LogP contribution in [0.3, 0.4) is 0 Å². The van der Waals surface area contributed by atoms with Gasteiger partial charge >= 0.3 is 0 Å². The van der Waals surface area contributed by atoms with Crippen LogP contribution in [0.5, 0.6) is 0 Å². The Morgan fingerprint density at radius 3 is 2.95 bits per heavy atom. The summed E-state index contributed by atoms with van der Waals surface area (Å²) in [5, 5.41) is 2.81. The number of pyridine rings is 1. The first-order valence-corrected chi connectivity index (χ1v) is 6.66. The second kappa shape index (κ2) is 6.70. The van der Waals surface area contributed by atoms with Gasteiger partial charge in [0.2, 0.25) is 5.89 Å². The number of nitrogens with one attached hydrogen (secondary N) is 1. The van der Waals surface area contributed by atoms with E-state index in [-0.39, 0.29) is 11.6 Å². The number of unbranched alkanes of at least 4 members (excludes halogenated alkanes) is 2. The van der Waals surface area contributed by atoms with Crippen molar-refractivity contribution in [3.05, 3.63) is 30.3 Å². The number of nitrogens with two attached hydrogens (primary N) is 1. The highest BCUT2D eigenvalue weighted by molar-refractivity contribution is 5.92. The SMILES string of the molecule is CCCCCNC(=O)c1coc(-c2ccc(N)nc2)n1. The molecule has 0 unspecified atom stereocenters. The summed E-state index contributed by atoms with van der Waals surface area (Å²) in [7, 11) is 0. The molecule has 2 rings (SSSR count). The fourth-order valence-corrected chi connectivity index (χ4v) is 1.71. The van der Waals surface area contributed by atoms with E-state index in [0.717, 1.165) is 19.3 Å². The minimum atomic E-state index is -0.223. The van der Waals surface area contributed by atoms with Gasteiger partial charge in [0.25, 0.3) is 5.91 Å². The van der Waals surface area contributed by atoms with E-state index in [4.69, 9.17) is 10.2 Å². The van der Waals surface area contributed by atoms with Gasteiger partial charge in [0.15, 0.2) is 5.69 Å². The number of anilines is 1. The zero-order chi connectivity index (χ0) is 14.4. The van der Waals surface area contributed by atoms with Crippen LogP contribution in [-0.2, 0) is 0 Å². The number of aromatic nitrogens is 2.